The van der Waals surface area contributed by atoms with Crippen LogP contribution in [0.2, 0.25) is 0 Å². The van der Waals surface area contributed by atoms with Gasteiger partial charge < -0.3 is 16.0 Å². The molecule has 100 heavy (non-hydrogen) atoms. The fraction of sp³-hybridized carbons (Fsp3) is 0.0526. The maximum atomic E-state index is 14.0. The predicted octanol–water partition coefficient (Wildman–Crippen LogP) is 24.3. The molecule has 3 aliphatic rings. The van der Waals surface area contributed by atoms with Crippen molar-refractivity contribution in [3.63, 3.8) is 0 Å². The van der Waals surface area contributed by atoms with Gasteiger partial charge in [0.1, 0.15) is 11.6 Å². The van der Waals surface area contributed by atoms with Gasteiger partial charge in [-0.05, 0) is 211 Å². The summed E-state index contributed by atoms with van der Waals surface area (Å²) in [6.07, 6.45) is 0. The second-order valence-electron chi connectivity index (χ2n) is 25.8. The lowest BCUT2D eigenvalue weighted by atomic mass is 9.67. The zero-order valence-corrected chi connectivity index (χ0v) is 55.2. The van der Waals surface area contributed by atoms with Gasteiger partial charge in [0.15, 0.2) is 0 Å². The molecule has 480 valence electrons. The Morgan fingerprint density at radius 3 is 0.820 bits per heavy atom. The van der Waals surface area contributed by atoms with E-state index in [-0.39, 0.29) is 46.9 Å². The highest BCUT2D eigenvalue weighted by Gasteiger charge is 2.49. The van der Waals surface area contributed by atoms with Crippen molar-refractivity contribution in [1.82, 2.24) is 0 Å². The average Bonchev–Trinajstić information content (AvgIpc) is 1.56. The van der Waals surface area contributed by atoms with Gasteiger partial charge in [0.05, 0.1) is 23.1 Å². The van der Waals surface area contributed by atoms with Crippen molar-refractivity contribution in [2.24, 2.45) is 0 Å². The van der Waals surface area contributed by atoms with Gasteiger partial charge in [0.25, 0.3) is 0 Å². The minimum atomic E-state index is -0.707. The van der Waals surface area contributed by atoms with E-state index in [1.807, 2.05) is 97.1 Å². The third kappa shape index (κ3) is 11.0. The van der Waals surface area contributed by atoms with E-state index in [0.717, 1.165) is 83.9 Å². The van der Waals surface area contributed by atoms with E-state index in [0.29, 0.717) is 5.69 Å². The van der Waals surface area contributed by atoms with Gasteiger partial charge in [0, 0.05) is 34.1 Å². The molecule has 0 unspecified atom stereocenters. The number of rotatable bonds is 12. The summed E-state index contributed by atoms with van der Waals surface area (Å²) >= 11 is 0. The van der Waals surface area contributed by atoms with Gasteiger partial charge in [-0.1, -0.05) is 290 Å². The molecule has 0 bridgehead atoms. The van der Waals surface area contributed by atoms with E-state index in [4.69, 9.17) is 6.85 Å². The summed E-state index contributed by atoms with van der Waals surface area (Å²) in [5, 5.41) is 10.3. The second-order valence-corrected chi connectivity index (χ2v) is 25.8. The molecule has 5 heteroatoms. The first-order chi connectivity index (χ1) is 51.3. The van der Waals surface area contributed by atoms with E-state index >= 15 is 0 Å². The molecule has 3 aliphatic carbocycles. The van der Waals surface area contributed by atoms with Crippen LogP contribution in [0.1, 0.15) is 84.7 Å². The Labute approximate surface area is 591 Å². The Morgan fingerprint density at radius 1 is 0.230 bits per heavy atom. The van der Waals surface area contributed by atoms with E-state index in [2.05, 4.69) is 254 Å². The Hall–Kier alpha value is -12.4. The lowest BCUT2D eigenvalue weighted by Crippen LogP contribution is -2.28. The summed E-state index contributed by atoms with van der Waals surface area (Å²) in [6, 6.07) is 116. The second kappa shape index (κ2) is 26.5. The number of anilines is 6. The smallest absolute Gasteiger partial charge is 0.123 e. The molecule has 15 aromatic rings. The van der Waals surface area contributed by atoms with Crippen molar-refractivity contribution in [3.8, 4) is 33.4 Å². The summed E-state index contributed by atoms with van der Waals surface area (Å²) in [7, 11) is 0. The molecule has 0 radical (unpaired) electrons. The highest BCUT2D eigenvalue weighted by molar-refractivity contribution is 5.91. The van der Waals surface area contributed by atoms with E-state index in [1.165, 1.54) is 74.3 Å². The zero-order chi connectivity index (χ0) is 72.0. The molecule has 3 nitrogen and oxygen atoms in total. The van der Waals surface area contributed by atoms with Crippen molar-refractivity contribution < 1.29 is 15.6 Å². The topological polar surface area (TPSA) is 36.1 Å². The molecule has 15 aromatic carbocycles. The van der Waals surface area contributed by atoms with Crippen LogP contribution in [0.25, 0.3) is 33.4 Å². The molecule has 0 saturated carbocycles. The summed E-state index contributed by atoms with van der Waals surface area (Å²) in [6.45, 7) is 4.31. The first-order valence-electron chi connectivity index (χ1n) is 36.3. The summed E-state index contributed by atoms with van der Waals surface area (Å²) in [5.41, 5.74) is 26.7. The number of hydrogen-bond donors (Lipinski definition) is 3. The standard InChI is InChI=1S/C33H27N.C31H21F2N.C31H23N/c1-23-12-16-25(17-13-23)33(26-18-14-24(2)15-19-26)31-11-7-6-10-29(31)30-21-20-28(22-32(30)33)34-27-8-4-3-5-9-27;32-23-14-10-21(11-15-23)31(22-12-16-24(33)17-13-22)29-9-5-4-8-27(29)28-19-18-26(20-30(28)31)34-25-6-2-1-3-7-25;1-4-12-23(13-5-1)31(24-14-6-2-7-15-24)29-19-11-10-18-27(29)28-21-20-26(22-30(28)31)32-25-16-8-3-9-17-25/h3-22,34H,1-2H3;1-20,34H;1-22,32H/i;;3D,8D,9D,16D,17D. The van der Waals surface area contributed by atoms with Crippen molar-refractivity contribution in [2.75, 3.05) is 16.0 Å². The molecule has 3 N–H and O–H groups in total. The minimum Gasteiger partial charge on any atom is -0.356 e. The fourth-order valence-corrected chi connectivity index (χ4v) is 15.7. The molecule has 18 rings (SSSR count). The average molecular weight is 1300 g/mol. The summed E-state index contributed by atoms with van der Waals surface area (Å²) in [4.78, 5) is 0. The number of hydrogen-bond acceptors (Lipinski definition) is 3. The van der Waals surface area contributed by atoms with Gasteiger partial charge in [-0.2, -0.15) is 0 Å². The molecular weight excluding hydrogens is 1220 g/mol. The van der Waals surface area contributed by atoms with Gasteiger partial charge in [-0.15, -0.1) is 0 Å². The highest BCUT2D eigenvalue weighted by Crippen LogP contribution is 2.60. The number of aryl methyl sites for hydroxylation is 2. The number of benzene rings is 15. The van der Waals surface area contributed by atoms with Crippen LogP contribution < -0.4 is 16.0 Å². The van der Waals surface area contributed by atoms with Gasteiger partial charge in [-0.25, -0.2) is 8.78 Å². The Balaban J connectivity index is 0.000000121. The SMILES string of the molecule is Cc1ccc(C2(c3ccc(C)cc3)c3ccccc3-c3ccc(Nc4ccccc4)cc32)cc1.Fc1ccc(C2(c3ccc(F)cc3)c3ccccc3-c3ccc(Nc4ccccc4)cc32)cc1.[2H]c1c([2H])c([2H])c(Nc2ccc3c(c2)C(c2ccccc2)(c2ccccc2)c2ccccc2-3)c([2H])c1[2H]. The first-order valence-corrected chi connectivity index (χ1v) is 33.8. The number of nitrogens with one attached hydrogen (secondary N) is 3. The monoisotopic (exact) mass is 1300 g/mol. The first kappa shape index (κ1) is 56.7. The normalized spacial score (nSPS) is 13.9. The van der Waals surface area contributed by atoms with Crippen molar-refractivity contribution in [3.05, 3.63) is 466 Å². The Kier molecular flexibility index (Phi) is 15.0. The fourth-order valence-electron chi connectivity index (χ4n) is 15.7. The molecule has 0 saturated heterocycles. The third-order valence-corrected chi connectivity index (χ3v) is 20.0. The van der Waals surface area contributed by atoms with E-state index in [9.17, 15) is 8.78 Å². The van der Waals surface area contributed by atoms with Crippen LogP contribution >= 0.6 is 0 Å². The van der Waals surface area contributed by atoms with Crippen LogP contribution in [0.5, 0.6) is 0 Å². The quantitative estimate of drug-likeness (QED) is 0.114. The van der Waals surface area contributed by atoms with Gasteiger partial charge >= 0.3 is 0 Å². The lowest BCUT2D eigenvalue weighted by molar-refractivity contribution is 0.622. The van der Waals surface area contributed by atoms with Crippen LogP contribution in [0.3, 0.4) is 0 Å². The lowest BCUT2D eigenvalue weighted by Gasteiger charge is -2.34. The van der Waals surface area contributed by atoms with Crippen molar-refractivity contribution >= 4 is 34.1 Å². The Morgan fingerprint density at radius 2 is 0.490 bits per heavy atom. The molecule has 0 spiro atoms. The van der Waals surface area contributed by atoms with Crippen LogP contribution in [0.4, 0.5) is 42.9 Å². The van der Waals surface area contributed by atoms with Crippen LogP contribution in [-0.2, 0) is 16.2 Å². The number of para-hydroxylation sites is 3. The maximum Gasteiger partial charge on any atom is 0.123 e. The zero-order valence-electron chi connectivity index (χ0n) is 60.2. The highest BCUT2D eigenvalue weighted by atomic mass is 19.1. The van der Waals surface area contributed by atoms with Crippen LogP contribution in [0, 0.1) is 25.5 Å². The van der Waals surface area contributed by atoms with Gasteiger partial charge in [0.2, 0.25) is 0 Å². The Bertz CT molecular complexity index is 5330. The number of halogens is 2. The molecule has 0 aromatic heterocycles. The van der Waals surface area contributed by atoms with Crippen molar-refractivity contribution in [2.45, 2.75) is 30.1 Å². The summed E-state index contributed by atoms with van der Waals surface area (Å²) in [5.74, 6) is -0.576. The maximum absolute atomic E-state index is 14.0. The van der Waals surface area contributed by atoms with Crippen LogP contribution in [-0.4, -0.2) is 0 Å². The molecular formula is C95H71F2N3. The minimum absolute atomic E-state index is 0.0616. The third-order valence-electron chi connectivity index (χ3n) is 20.0. The number of fused-ring (bicyclic) bond motifs is 9. The largest absolute Gasteiger partial charge is 0.356 e. The molecule has 0 aliphatic heterocycles. The molecule has 0 atom stereocenters. The molecule has 0 fully saturated rings. The van der Waals surface area contributed by atoms with Crippen molar-refractivity contribution in [1.29, 1.82) is 0 Å². The van der Waals surface area contributed by atoms with E-state index in [1.54, 1.807) is 0 Å². The van der Waals surface area contributed by atoms with E-state index < -0.39 is 16.9 Å². The predicted molar refractivity (Wildman–Crippen MR) is 410 cm³/mol. The van der Waals surface area contributed by atoms with Gasteiger partial charge in [-0.3, -0.25) is 0 Å². The van der Waals surface area contributed by atoms with Crippen LogP contribution in [0.15, 0.2) is 376 Å². The molecule has 0 amide bonds. The molecule has 0 heterocycles. The summed E-state index contributed by atoms with van der Waals surface area (Å²) < 4.78 is 68.7.